The maximum atomic E-state index is 12.5. The highest BCUT2D eigenvalue weighted by molar-refractivity contribution is 7.89. The molecule has 0 fully saturated rings. The zero-order valence-electron chi connectivity index (χ0n) is 17.1. The molecule has 7 nitrogen and oxygen atoms in total. The van der Waals surface area contributed by atoms with E-state index in [0.717, 1.165) is 34.7 Å². The van der Waals surface area contributed by atoms with E-state index >= 15 is 0 Å². The predicted octanol–water partition coefficient (Wildman–Crippen LogP) is 3.09. The zero-order chi connectivity index (χ0) is 21.7. The monoisotopic (exact) mass is 444 g/mol. The number of rotatable bonds is 8. The minimum Gasteiger partial charge on any atom is -0.352 e. The Hall–Kier alpha value is -2.62. The first-order valence-corrected chi connectivity index (χ1v) is 11.9. The molecule has 158 valence electrons. The Morgan fingerprint density at radius 3 is 2.60 bits per heavy atom. The molecule has 0 unspecified atom stereocenters. The van der Waals surface area contributed by atoms with E-state index < -0.39 is 10.0 Å². The van der Waals surface area contributed by atoms with Gasteiger partial charge in [0.2, 0.25) is 10.0 Å². The molecule has 2 heterocycles. The molecule has 0 radical (unpaired) electrons. The predicted molar refractivity (Wildman–Crippen MR) is 118 cm³/mol. The van der Waals surface area contributed by atoms with Gasteiger partial charge in [0.1, 0.15) is 0 Å². The molecule has 0 atom stereocenters. The second-order valence-corrected chi connectivity index (χ2v) is 9.64. The number of carbonyl (C=O) groups excluding carboxylic acids is 1. The quantitative estimate of drug-likeness (QED) is 0.520. The second kappa shape index (κ2) is 9.46. The van der Waals surface area contributed by atoms with Crippen LogP contribution < -0.4 is 10.0 Å². The maximum Gasteiger partial charge on any atom is 0.251 e. The Bertz CT molecular complexity index is 1140. The van der Waals surface area contributed by atoms with Crippen LogP contribution in [0, 0.1) is 13.8 Å². The lowest BCUT2D eigenvalue weighted by molar-refractivity contribution is 0.0953. The lowest BCUT2D eigenvalue weighted by Gasteiger charge is -2.12. The van der Waals surface area contributed by atoms with Gasteiger partial charge in [0, 0.05) is 41.9 Å². The van der Waals surface area contributed by atoms with Crippen molar-refractivity contribution in [1.29, 1.82) is 0 Å². The van der Waals surface area contributed by atoms with Crippen molar-refractivity contribution in [3.05, 3.63) is 63.7 Å². The Morgan fingerprint density at radius 2 is 1.90 bits per heavy atom. The average Bonchev–Trinajstić information content (AvgIpc) is 3.22. The number of amides is 1. The molecular weight excluding hydrogens is 420 g/mol. The molecule has 0 aliphatic rings. The molecule has 30 heavy (non-hydrogen) atoms. The summed E-state index contributed by atoms with van der Waals surface area (Å²) in [5.74, 6) is -0.290. The molecule has 0 spiro atoms. The van der Waals surface area contributed by atoms with Crippen molar-refractivity contribution in [3.63, 3.8) is 0 Å². The Balaban J connectivity index is 1.58. The van der Waals surface area contributed by atoms with E-state index in [1.54, 1.807) is 43.6 Å². The molecule has 0 aliphatic heterocycles. The number of nitrogens with one attached hydrogen (secondary N) is 2. The first kappa shape index (κ1) is 22.1. The summed E-state index contributed by atoms with van der Waals surface area (Å²) in [6.45, 7) is 4.00. The third kappa shape index (κ3) is 5.10. The molecule has 2 aromatic heterocycles. The van der Waals surface area contributed by atoms with E-state index in [2.05, 4.69) is 20.0 Å². The Morgan fingerprint density at radius 1 is 1.17 bits per heavy atom. The Kier molecular flexibility index (Phi) is 6.96. The fourth-order valence-electron chi connectivity index (χ4n) is 2.97. The summed E-state index contributed by atoms with van der Waals surface area (Å²) in [7, 11) is -2.27. The third-order valence-corrected chi connectivity index (χ3v) is 7.27. The van der Waals surface area contributed by atoms with Crippen LogP contribution in [0.5, 0.6) is 0 Å². The fraction of sp³-hybridized carbons (Fsp3) is 0.286. The summed E-state index contributed by atoms with van der Waals surface area (Å²) in [6, 6.07) is 6.97. The van der Waals surface area contributed by atoms with Crippen LogP contribution in [0.3, 0.4) is 0 Å². The molecule has 1 amide bonds. The number of pyridine rings is 1. The number of nitrogens with zero attached hydrogens (tertiary/aromatic N) is 2. The summed E-state index contributed by atoms with van der Waals surface area (Å²) in [5.41, 5.74) is 3.68. The molecule has 0 aliphatic carbocycles. The first-order valence-electron chi connectivity index (χ1n) is 9.49. The number of aromatic nitrogens is 2. The van der Waals surface area contributed by atoms with Crippen LogP contribution in [0.15, 0.2) is 46.9 Å². The lowest BCUT2D eigenvalue weighted by Crippen LogP contribution is -2.26. The van der Waals surface area contributed by atoms with Gasteiger partial charge in [-0.15, -0.1) is 11.3 Å². The molecule has 3 aromatic rings. The van der Waals surface area contributed by atoms with Crippen LogP contribution in [0.4, 0.5) is 0 Å². The minimum atomic E-state index is -3.63. The number of thiazole rings is 1. The smallest absolute Gasteiger partial charge is 0.251 e. The van der Waals surface area contributed by atoms with Crippen LogP contribution in [0.1, 0.15) is 32.9 Å². The molecule has 9 heteroatoms. The van der Waals surface area contributed by atoms with Crippen LogP contribution in [0.2, 0.25) is 0 Å². The molecule has 0 bridgehead atoms. The summed E-state index contributed by atoms with van der Waals surface area (Å²) >= 11 is 1.59. The third-order valence-electron chi connectivity index (χ3n) is 4.82. The van der Waals surface area contributed by atoms with Crippen molar-refractivity contribution < 1.29 is 13.2 Å². The Labute approximate surface area is 180 Å². The summed E-state index contributed by atoms with van der Waals surface area (Å²) in [4.78, 5) is 21.3. The van der Waals surface area contributed by atoms with Gasteiger partial charge in [0.15, 0.2) is 0 Å². The van der Waals surface area contributed by atoms with Crippen LogP contribution in [-0.4, -0.2) is 37.9 Å². The van der Waals surface area contributed by atoms with Crippen molar-refractivity contribution in [2.24, 2.45) is 0 Å². The second-order valence-electron chi connectivity index (χ2n) is 6.85. The number of aryl methyl sites for hydroxylation is 2. The highest BCUT2D eigenvalue weighted by atomic mass is 32.2. The average molecular weight is 445 g/mol. The van der Waals surface area contributed by atoms with Crippen molar-refractivity contribution in [2.45, 2.75) is 31.6 Å². The van der Waals surface area contributed by atoms with Gasteiger partial charge in [-0.25, -0.2) is 18.1 Å². The standard InChI is InChI=1S/C21H24N4O3S2/c1-14-11-17(12-19(15(14)2)30(27,28)22-3)21(26)24-8-4-5-20-25-18(13-29-20)16-6-9-23-10-7-16/h6-7,9-13,22H,4-5,8H2,1-3H3,(H,24,26). The minimum absolute atomic E-state index is 0.126. The van der Waals surface area contributed by atoms with Crippen LogP contribution in [-0.2, 0) is 16.4 Å². The SMILES string of the molecule is CNS(=O)(=O)c1cc(C(=O)NCCCc2nc(-c3ccncc3)cs2)cc(C)c1C. The highest BCUT2D eigenvalue weighted by Gasteiger charge is 2.19. The lowest BCUT2D eigenvalue weighted by atomic mass is 10.1. The van der Waals surface area contributed by atoms with Crippen molar-refractivity contribution in [2.75, 3.05) is 13.6 Å². The number of hydrogen-bond acceptors (Lipinski definition) is 6. The van der Waals surface area contributed by atoms with Gasteiger partial charge >= 0.3 is 0 Å². The molecule has 0 saturated heterocycles. The van der Waals surface area contributed by atoms with E-state index in [0.29, 0.717) is 17.7 Å². The van der Waals surface area contributed by atoms with Gasteiger partial charge in [-0.05, 0) is 62.7 Å². The van der Waals surface area contributed by atoms with E-state index in [1.807, 2.05) is 17.5 Å². The van der Waals surface area contributed by atoms with Crippen LogP contribution >= 0.6 is 11.3 Å². The molecule has 0 saturated carbocycles. The van der Waals surface area contributed by atoms with Gasteiger partial charge < -0.3 is 5.32 Å². The van der Waals surface area contributed by atoms with Gasteiger partial charge in [-0.2, -0.15) is 0 Å². The van der Waals surface area contributed by atoms with Crippen LogP contribution in [0.25, 0.3) is 11.3 Å². The fourth-order valence-corrected chi connectivity index (χ4v) is 4.89. The van der Waals surface area contributed by atoms with E-state index in [4.69, 9.17) is 0 Å². The van der Waals surface area contributed by atoms with Gasteiger partial charge in [0.25, 0.3) is 5.91 Å². The van der Waals surface area contributed by atoms with E-state index in [9.17, 15) is 13.2 Å². The summed E-state index contributed by atoms with van der Waals surface area (Å²) in [6.07, 6.45) is 4.97. The van der Waals surface area contributed by atoms with Crippen molar-refractivity contribution in [3.8, 4) is 11.3 Å². The topological polar surface area (TPSA) is 101 Å². The van der Waals surface area contributed by atoms with Crippen molar-refractivity contribution in [1.82, 2.24) is 20.0 Å². The zero-order valence-corrected chi connectivity index (χ0v) is 18.7. The summed E-state index contributed by atoms with van der Waals surface area (Å²) < 4.78 is 26.7. The molecule has 2 N–H and O–H groups in total. The highest BCUT2D eigenvalue weighted by Crippen LogP contribution is 2.22. The van der Waals surface area contributed by atoms with Gasteiger partial charge in [-0.1, -0.05) is 0 Å². The van der Waals surface area contributed by atoms with Gasteiger partial charge in [0.05, 0.1) is 15.6 Å². The summed E-state index contributed by atoms with van der Waals surface area (Å²) in [5, 5.41) is 5.89. The maximum absolute atomic E-state index is 12.5. The molecular formula is C21H24N4O3S2. The molecule has 3 rings (SSSR count). The van der Waals surface area contributed by atoms with E-state index in [1.165, 1.54) is 13.1 Å². The number of sulfonamides is 1. The van der Waals surface area contributed by atoms with E-state index in [-0.39, 0.29) is 10.8 Å². The van der Waals surface area contributed by atoms with Crippen molar-refractivity contribution >= 4 is 27.3 Å². The normalized spacial score (nSPS) is 11.4. The number of hydrogen-bond donors (Lipinski definition) is 2. The largest absolute Gasteiger partial charge is 0.352 e. The number of benzene rings is 1. The first-order chi connectivity index (χ1) is 14.3. The number of carbonyl (C=O) groups is 1. The van der Waals surface area contributed by atoms with Gasteiger partial charge in [-0.3, -0.25) is 9.78 Å². The molecule has 1 aromatic carbocycles.